The van der Waals surface area contributed by atoms with Gasteiger partial charge in [-0.1, -0.05) is 54.1 Å². The molecule has 4 aromatic rings. The molecular weight excluding hydrogens is 242 g/mol. The minimum Gasteiger partial charge on any atom is -0.309 e. The first-order valence-corrected chi connectivity index (χ1v) is 6.81. The van der Waals surface area contributed by atoms with Gasteiger partial charge in [0, 0.05) is 22.5 Å². The van der Waals surface area contributed by atoms with Crippen molar-refractivity contribution in [1.82, 2.24) is 4.57 Å². The van der Waals surface area contributed by atoms with E-state index in [0.29, 0.717) is 0 Å². The number of para-hydroxylation sites is 2. The Morgan fingerprint density at radius 1 is 0.800 bits per heavy atom. The molecule has 1 heteroatoms. The van der Waals surface area contributed by atoms with Crippen molar-refractivity contribution in [1.29, 1.82) is 0 Å². The predicted molar refractivity (Wildman–Crippen MR) is 84.4 cm³/mol. The monoisotopic (exact) mass is 256 g/mol. The van der Waals surface area contributed by atoms with Gasteiger partial charge in [-0.15, -0.1) is 0 Å². The largest absolute Gasteiger partial charge is 0.309 e. The maximum absolute atomic E-state index is 3.38. The van der Waals surface area contributed by atoms with E-state index < -0.39 is 0 Å². The van der Waals surface area contributed by atoms with Crippen LogP contribution in [0, 0.1) is 13.0 Å². The molecule has 20 heavy (non-hydrogen) atoms. The molecule has 0 atom stereocenters. The Kier molecular flexibility index (Phi) is 2.40. The second-order valence-electron chi connectivity index (χ2n) is 5.12. The molecule has 0 bridgehead atoms. The Bertz CT molecular complexity index is 845. The summed E-state index contributed by atoms with van der Waals surface area (Å²) >= 11 is 0. The number of hydrogen-bond donors (Lipinski definition) is 0. The second kappa shape index (κ2) is 4.24. The lowest BCUT2D eigenvalue weighted by atomic mass is 10.2. The van der Waals surface area contributed by atoms with Gasteiger partial charge in [-0.3, -0.25) is 0 Å². The molecule has 0 spiro atoms. The lowest BCUT2D eigenvalue weighted by Gasteiger charge is -2.07. The standard InChI is InChI=1S/C19H14N/c1-14-10-12-15(13-11-14)20-18-8-4-2-6-16(18)17-7-3-5-9-19(17)20/h2-8,10-13H,1H3. The van der Waals surface area contributed by atoms with Crippen LogP contribution >= 0.6 is 0 Å². The van der Waals surface area contributed by atoms with Gasteiger partial charge < -0.3 is 4.57 Å². The average molecular weight is 256 g/mol. The SMILES string of the molecule is Cc1ccc(-n2c3[c]cccc3c3ccccc32)cc1. The summed E-state index contributed by atoms with van der Waals surface area (Å²) in [5, 5.41) is 2.53. The highest BCUT2D eigenvalue weighted by molar-refractivity contribution is 6.08. The van der Waals surface area contributed by atoms with Gasteiger partial charge in [0.25, 0.3) is 0 Å². The molecule has 3 aromatic carbocycles. The van der Waals surface area contributed by atoms with Gasteiger partial charge in [-0.05, 0) is 25.1 Å². The van der Waals surface area contributed by atoms with Crippen LogP contribution in [0.4, 0.5) is 0 Å². The summed E-state index contributed by atoms with van der Waals surface area (Å²) < 4.78 is 2.28. The third-order valence-electron chi connectivity index (χ3n) is 3.79. The fraction of sp³-hybridized carbons (Fsp3) is 0.0526. The molecule has 1 aromatic heterocycles. The molecule has 0 unspecified atom stereocenters. The third-order valence-corrected chi connectivity index (χ3v) is 3.79. The lowest BCUT2D eigenvalue weighted by molar-refractivity contribution is 1.17. The normalized spacial score (nSPS) is 11.2. The van der Waals surface area contributed by atoms with Gasteiger partial charge in [0.1, 0.15) is 0 Å². The molecule has 1 heterocycles. The number of hydrogen-bond acceptors (Lipinski definition) is 0. The molecule has 0 aliphatic rings. The summed E-state index contributed by atoms with van der Waals surface area (Å²) in [5.41, 5.74) is 4.83. The van der Waals surface area contributed by atoms with Crippen molar-refractivity contribution in [2.45, 2.75) is 6.92 Å². The van der Waals surface area contributed by atoms with Crippen molar-refractivity contribution in [3.63, 3.8) is 0 Å². The number of aryl methyl sites for hydroxylation is 1. The molecule has 0 saturated heterocycles. The molecule has 95 valence electrons. The minimum absolute atomic E-state index is 1.14. The molecule has 1 radical (unpaired) electrons. The van der Waals surface area contributed by atoms with Crippen molar-refractivity contribution in [3.05, 3.63) is 78.4 Å². The van der Waals surface area contributed by atoms with Crippen LogP contribution in [0.1, 0.15) is 5.56 Å². The topological polar surface area (TPSA) is 4.93 Å². The molecule has 0 N–H and O–H groups in total. The van der Waals surface area contributed by atoms with Gasteiger partial charge in [0.2, 0.25) is 0 Å². The summed E-state index contributed by atoms with van der Waals surface area (Å²) in [7, 11) is 0. The fourth-order valence-electron chi connectivity index (χ4n) is 2.81. The lowest BCUT2D eigenvalue weighted by Crippen LogP contribution is -1.93. The van der Waals surface area contributed by atoms with Crippen LogP contribution in [-0.4, -0.2) is 4.57 Å². The second-order valence-corrected chi connectivity index (χ2v) is 5.12. The van der Waals surface area contributed by atoms with E-state index in [2.05, 4.69) is 72.2 Å². The van der Waals surface area contributed by atoms with Crippen molar-refractivity contribution in [3.8, 4) is 5.69 Å². The molecule has 1 nitrogen and oxygen atoms in total. The first-order chi connectivity index (χ1) is 9.84. The summed E-state index contributed by atoms with van der Waals surface area (Å²) in [6.07, 6.45) is 0. The van der Waals surface area contributed by atoms with Gasteiger partial charge in [-0.25, -0.2) is 0 Å². The first kappa shape index (κ1) is 11.3. The van der Waals surface area contributed by atoms with Crippen LogP contribution in [0.15, 0.2) is 66.7 Å². The highest BCUT2D eigenvalue weighted by Crippen LogP contribution is 2.31. The summed E-state index contributed by atoms with van der Waals surface area (Å²) in [6, 6.07) is 26.7. The number of rotatable bonds is 1. The Morgan fingerprint density at radius 3 is 2.40 bits per heavy atom. The van der Waals surface area contributed by atoms with Crippen molar-refractivity contribution in [2.24, 2.45) is 0 Å². The summed E-state index contributed by atoms with van der Waals surface area (Å²) in [5.74, 6) is 0. The highest BCUT2D eigenvalue weighted by Gasteiger charge is 2.10. The van der Waals surface area contributed by atoms with E-state index in [1.807, 2.05) is 12.1 Å². The van der Waals surface area contributed by atoms with Crippen molar-refractivity contribution < 1.29 is 0 Å². The third kappa shape index (κ3) is 1.56. The van der Waals surface area contributed by atoms with E-state index in [1.165, 1.54) is 27.5 Å². The van der Waals surface area contributed by atoms with E-state index >= 15 is 0 Å². The van der Waals surface area contributed by atoms with Gasteiger partial charge in [0.05, 0.1) is 11.0 Å². The zero-order valence-electron chi connectivity index (χ0n) is 11.3. The maximum Gasteiger partial charge on any atom is 0.0620 e. The smallest absolute Gasteiger partial charge is 0.0620 e. The Hall–Kier alpha value is -2.54. The summed E-state index contributed by atoms with van der Waals surface area (Å²) in [6.45, 7) is 2.11. The van der Waals surface area contributed by atoms with E-state index in [9.17, 15) is 0 Å². The molecule has 0 saturated carbocycles. The predicted octanol–water partition coefficient (Wildman–Crippen LogP) is 4.89. The van der Waals surface area contributed by atoms with Crippen molar-refractivity contribution in [2.75, 3.05) is 0 Å². The minimum atomic E-state index is 1.14. The van der Waals surface area contributed by atoms with E-state index in [4.69, 9.17) is 0 Å². The van der Waals surface area contributed by atoms with Crippen LogP contribution in [0.25, 0.3) is 27.5 Å². The number of nitrogens with zero attached hydrogens (tertiary/aromatic N) is 1. The molecule has 0 fully saturated rings. The quantitative estimate of drug-likeness (QED) is 0.457. The average Bonchev–Trinajstić information content (AvgIpc) is 2.83. The molecule has 0 aliphatic carbocycles. The van der Waals surface area contributed by atoms with Crippen LogP contribution in [-0.2, 0) is 0 Å². The Labute approximate surface area is 118 Å². The molecular formula is C19H14N. The van der Waals surface area contributed by atoms with Gasteiger partial charge in [0.15, 0.2) is 0 Å². The number of fused-ring (bicyclic) bond motifs is 3. The van der Waals surface area contributed by atoms with Crippen molar-refractivity contribution >= 4 is 21.8 Å². The highest BCUT2D eigenvalue weighted by atomic mass is 15.0. The van der Waals surface area contributed by atoms with E-state index in [0.717, 1.165) is 5.52 Å². The van der Waals surface area contributed by atoms with Crippen LogP contribution < -0.4 is 0 Å². The van der Waals surface area contributed by atoms with Crippen LogP contribution in [0.5, 0.6) is 0 Å². The van der Waals surface area contributed by atoms with E-state index in [1.54, 1.807) is 0 Å². The fourth-order valence-corrected chi connectivity index (χ4v) is 2.81. The maximum atomic E-state index is 3.38. The zero-order valence-corrected chi connectivity index (χ0v) is 11.3. The van der Waals surface area contributed by atoms with E-state index in [-0.39, 0.29) is 0 Å². The van der Waals surface area contributed by atoms with Gasteiger partial charge in [-0.2, -0.15) is 0 Å². The summed E-state index contributed by atoms with van der Waals surface area (Å²) in [4.78, 5) is 0. The Balaban J connectivity index is 2.17. The van der Waals surface area contributed by atoms with Crippen LogP contribution in [0.2, 0.25) is 0 Å². The van der Waals surface area contributed by atoms with Crippen LogP contribution in [0.3, 0.4) is 0 Å². The number of aromatic nitrogens is 1. The van der Waals surface area contributed by atoms with Gasteiger partial charge >= 0.3 is 0 Å². The zero-order chi connectivity index (χ0) is 13.5. The molecule has 0 amide bonds. The number of benzene rings is 3. The first-order valence-electron chi connectivity index (χ1n) is 6.81. The molecule has 4 rings (SSSR count). The molecule has 0 aliphatic heterocycles. The Morgan fingerprint density at radius 2 is 1.55 bits per heavy atom.